The smallest absolute Gasteiger partial charge is 0.268 e. The zero-order valence-electron chi connectivity index (χ0n) is 11.7. The number of Topliss-reactive ketones (excluding diaryl/α,β-unsaturated/α-hetero) is 1. The van der Waals surface area contributed by atoms with E-state index < -0.39 is 21.6 Å². The number of nitrogens with zero attached hydrogens (tertiary/aromatic N) is 1. The number of fused-ring (bicyclic) bond motifs is 1. The lowest BCUT2D eigenvalue weighted by atomic mass is 10.2. The molecule has 0 bridgehead atoms. The summed E-state index contributed by atoms with van der Waals surface area (Å²) in [4.78, 5) is 11.9. The van der Waals surface area contributed by atoms with E-state index in [4.69, 9.17) is 0 Å². The highest BCUT2D eigenvalue weighted by Crippen LogP contribution is 2.26. The molecule has 1 aromatic heterocycles. The Morgan fingerprint density at radius 1 is 1.05 bits per heavy atom. The molecule has 3 aromatic rings. The van der Waals surface area contributed by atoms with Crippen LogP contribution in [0, 0.1) is 5.82 Å². The van der Waals surface area contributed by atoms with Gasteiger partial charge in [-0.25, -0.2) is 16.8 Å². The average molecular weight is 317 g/mol. The van der Waals surface area contributed by atoms with E-state index >= 15 is 0 Å². The van der Waals surface area contributed by atoms with Crippen molar-refractivity contribution in [3.63, 3.8) is 0 Å². The van der Waals surface area contributed by atoms with Crippen molar-refractivity contribution in [2.75, 3.05) is 0 Å². The molecule has 0 aliphatic rings. The van der Waals surface area contributed by atoms with E-state index in [1.54, 1.807) is 18.2 Å². The summed E-state index contributed by atoms with van der Waals surface area (Å²) in [6.07, 6.45) is 0. The number of aromatic nitrogens is 1. The number of hydrogen-bond acceptors (Lipinski definition) is 3. The van der Waals surface area contributed by atoms with Crippen molar-refractivity contribution in [2.24, 2.45) is 0 Å². The minimum absolute atomic E-state index is 0.00412. The maximum absolute atomic E-state index is 13.4. The van der Waals surface area contributed by atoms with Crippen LogP contribution in [0.2, 0.25) is 0 Å². The van der Waals surface area contributed by atoms with Gasteiger partial charge in [0.1, 0.15) is 11.5 Å². The van der Waals surface area contributed by atoms with Gasteiger partial charge in [0.25, 0.3) is 10.0 Å². The van der Waals surface area contributed by atoms with Crippen LogP contribution in [-0.2, 0) is 10.0 Å². The molecule has 112 valence electrons. The van der Waals surface area contributed by atoms with E-state index in [2.05, 4.69) is 0 Å². The molecule has 1 heterocycles. The Morgan fingerprint density at radius 3 is 2.36 bits per heavy atom. The van der Waals surface area contributed by atoms with Gasteiger partial charge in [-0.2, -0.15) is 0 Å². The van der Waals surface area contributed by atoms with E-state index in [1.807, 2.05) is 0 Å². The van der Waals surface area contributed by atoms with Crippen LogP contribution in [0.3, 0.4) is 0 Å². The molecule has 0 spiro atoms. The van der Waals surface area contributed by atoms with Gasteiger partial charge in [0, 0.05) is 12.3 Å². The first-order valence-corrected chi connectivity index (χ1v) is 7.98. The lowest BCUT2D eigenvalue weighted by Gasteiger charge is -2.10. The van der Waals surface area contributed by atoms with Gasteiger partial charge in [0.2, 0.25) is 0 Å². The highest BCUT2D eigenvalue weighted by molar-refractivity contribution is 7.90. The molecule has 6 heteroatoms. The predicted octanol–water partition coefficient (Wildman–Crippen LogP) is 3.22. The Kier molecular flexibility index (Phi) is 3.33. The average Bonchev–Trinajstić information content (AvgIpc) is 2.87. The Labute approximate surface area is 126 Å². The molecule has 0 saturated carbocycles. The Bertz CT molecular complexity index is 975. The first kappa shape index (κ1) is 14.5. The SMILES string of the molecule is CC(=O)c1cc2cc(F)ccc2n1S(=O)(=O)c1ccccc1. The summed E-state index contributed by atoms with van der Waals surface area (Å²) in [5.41, 5.74) is 0.278. The van der Waals surface area contributed by atoms with Crippen LogP contribution >= 0.6 is 0 Å². The van der Waals surface area contributed by atoms with Crippen LogP contribution in [0.1, 0.15) is 17.4 Å². The number of benzene rings is 2. The van der Waals surface area contributed by atoms with E-state index in [1.165, 1.54) is 43.3 Å². The summed E-state index contributed by atoms with van der Waals surface area (Å²) in [5, 5.41) is 0.365. The summed E-state index contributed by atoms with van der Waals surface area (Å²) in [6, 6.07) is 12.9. The minimum Gasteiger partial charge on any atom is -0.293 e. The molecular formula is C16H12FNO3S. The van der Waals surface area contributed by atoms with Crippen molar-refractivity contribution >= 4 is 26.7 Å². The third-order valence-corrected chi connectivity index (χ3v) is 5.10. The second kappa shape index (κ2) is 5.06. The zero-order chi connectivity index (χ0) is 15.9. The van der Waals surface area contributed by atoms with Crippen LogP contribution in [0.25, 0.3) is 10.9 Å². The standard InChI is InChI=1S/C16H12FNO3S/c1-11(19)16-10-12-9-13(17)7-8-15(12)18(16)22(20,21)14-5-3-2-4-6-14/h2-10H,1H3. The van der Waals surface area contributed by atoms with Gasteiger partial charge in [-0.3, -0.25) is 4.79 Å². The number of carbonyl (C=O) groups excluding carboxylic acids is 1. The fraction of sp³-hybridized carbons (Fsp3) is 0.0625. The normalized spacial score (nSPS) is 11.7. The van der Waals surface area contributed by atoms with Gasteiger partial charge in [-0.1, -0.05) is 18.2 Å². The molecule has 4 nitrogen and oxygen atoms in total. The summed E-state index contributed by atoms with van der Waals surface area (Å²) in [5.74, 6) is -0.895. The van der Waals surface area contributed by atoms with Gasteiger partial charge in [0.15, 0.2) is 5.78 Å². The Hall–Kier alpha value is -2.47. The molecule has 0 radical (unpaired) electrons. The molecule has 22 heavy (non-hydrogen) atoms. The largest absolute Gasteiger partial charge is 0.293 e. The fourth-order valence-electron chi connectivity index (χ4n) is 2.36. The monoisotopic (exact) mass is 317 g/mol. The molecule has 2 aromatic carbocycles. The third-order valence-electron chi connectivity index (χ3n) is 3.36. The number of hydrogen-bond donors (Lipinski definition) is 0. The van der Waals surface area contributed by atoms with E-state index in [9.17, 15) is 17.6 Å². The van der Waals surface area contributed by atoms with Crippen molar-refractivity contribution < 1.29 is 17.6 Å². The molecule has 0 aliphatic carbocycles. The Morgan fingerprint density at radius 2 is 1.73 bits per heavy atom. The third kappa shape index (κ3) is 2.21. The van der Waals surface area contributed by atoms with Gasteiger partial charge in [0.05, 0.1) is 10.4 Å². The molecule has 0 atom stereocenters. The number of halogens is 1. The number of carbonyl (C=O) groups is 1. The first-order valence-electron chi connectivity index (χ1n) is 6.54. The summed E-state index contributed by atoms with van der Waals surface area (Å²) < 4.78 is 40.0. The molecule has 0 amide bonds. The molecule has 0 saturated heterocycles. The van der Waals surface area contributed by atoms with Crippen molar-refractivity contribution in [2.45, 2.75) is 11.8 Å². The summed E-state index contributed by atoms with van der Waals surface area (Å²) in [7, 11) is -3.94. The second-order valence-corrected chi connectivity index (χ2v) is 6.66. The number of rotatable bonds is 3. The molecular weight excluding hydrogens is 305 g/mol. The maximum atomic E-state index is 13.4. The first-order chi connectivity index (χ1) is 10.4. The number of ketones is 1. The zero-order valence-corrected chi connectivity index (χ0v) is 12.5. The van der Waals surface area contributed by atoms with Gasteiger partial charge in [-0.05, 0) is 36.4 Å². The van der Waals surface area contributed by atoms with Crippen LogP contribution in [0.5, 0.6) is 0 Å². The highest BCUT2D eigenvalue weighted by atomic mass is 32.2. The topological polar surface area (TPSA) is 56.1 Å². The Balaban J connectivity index is 2.39. The quantitative estimate of drug-likeness (QED) is 0.697. The van der Waals surface area contributed by atoms with Gasteiger partial charge >= 0.3 is 0 Å². The molecule has 0 fully saturated rings. The predicted molar refractivity (Wildman–Crippen MR) is 80.9 cm³/mol. The lowest BCUT2D eigenvalue weighted by Crippen LogP contribution is -2.17. The maximum Gasteiger partial charge on any atom is 0.268 e. The van der Waals surface area contributed by atoms with Crippen LogP contribution < -0.4 is 0 Å². The van der Waals surface area contributed by atoms with E-state index in [0.29, 0.717) is 5.39 Å². The van der Waals surface area contributed by atoms with E-state index in [0.717, 1.165) is 3.97 Å². The molecule has 3 rings (SSSR count). The fourth-order valence-corrected chi connectivity index (χ4v) is 3.94. The van der Waals surface area contributed by atoms with Crippen LogP contribution in [0.15, 0.2) is 59.5 Å². The molecule has 0 N–H and O–H groups in total. The minimum atomic E-state index is -3.94. The second-order valence-electron chi connectivity index (χ2n) is 4.87. The van der Waals surface area contributed by atoms with Gasteiger partial charge in [-0.15, -0.1) is 0 Å². The highest BCUT2D eigenvalue weighted by Gasteiger charge is 2.24. The van der Waals surface area contributed by atoms with Crippen molar-refractivity contribution in [1.29, 1.82) is 0 Å². The van der Waals surface area contributed by atoms with E-state index in [-0.39, 0.29) is 16.1 Å². The van der Waals surface area contributed by atoms with Crippen molar-refractivity contribution in [3.8, 4) is 0 Å². The molecule has 0 aliphatic heterocycles. The lowest BCUT2D eigenvalue weighted by molar-refractivity contribution is 0.101. The van der Waals surface area contributed by atoms with Crippen molar-refractivity contribution in [1.82, 2.24) is 3.97 Å². The van der Waals surface area contributed by atoms with Crippen LogP contribution in [0.4, 0.5) is 4.39 Å². The molecule has 0 unspecified atom stereocenters. The summed E-state index contributed by atoms with van der Waals surface area (Å²) in [6.45, 7) is 1.28. The van der Waals surface area contributed by atoms with Crippen LogP contribution in [-0.4, -0.2) is 18.2 Å². The summed E-state index contributed by atoms with van der Waals surface area (Å²) >= 11 is 0. The van der Waals surface area contributed by atoms with Crippen molar-refractivity contribution in [3.05, 3.63) is 66.1 Å². The van der Waals surface area contributed by atoms with Gasteiger partial charge < -0.3 is 0 Å².